The maximum absolute atomic E-state index is 10.2. The van der Waals surface area contributed by atoms with Crippen molar-refractivity contribution in [1.82, 2.24) is 0 Å². The lowest BCUT2D eigenvalue weighted by molar-refractivity contribution is 0.395. The van der Waals surface area contributed by atoms with Gasteiger partial charge in [0.2, 0.25) is 0 Å². The zero-order chi connectivity index (χ0) is 17.4. The maximum atomic E-state index is 10.2. The van der Waals surface area contributed by atoms with Crippen LogP contribution >= 0.6 is 12.2 Å². The molecule has 0 bridgehead atoms. The third-order valence-corrected chi connectivity index (χ3v) is 3.97. The van der Waals surface area contributed by atoms with Crippen molar-refractivity contribution < 1.29 is 29.2 Å². The summed E-state index contributed by atoms with van der Waals surface area (Å²) in [5, 5.41) is 29.7. The van der Waals surface area contributed by atoms with E-state index in [1.165, 1.54) is 32.4 Å². The molecule has 124 valence electrons. The lowest BCUT2D eigenvalue weighted by atomic mass is 10.1. The molecule has 2 aromatic carbocycles. The van der Waals surface area contributed by atoms with E-state index in [9.17, 15) is 15.3 Å². The summed E-state index contributed by atoms with van der Waals surface area (Å²) in [6.07, 6.45) is 0. The summed E-state index contributed by atoms with van der Waals surface area (Å²) in [5.74, 6) is 0.265. The topological polar surface area (TPSA) is 92.3 Å². The highest BCUT2D eigenvalue weighted by Crippen LogP contribution is 2.42. The summed E-state index contributed by atoms with van der Waals surface area (Å²) in [5.41, 5.74) is 0.762. The number of aromatic hydroxyl groups is 3. The molecule has 3 rings (SSSR count). The van der Waals surface area contributed by atoms with Crippen LogP contribution in [0.4, 0.5) is 0 Å². The van der Waals surface area contributed by atoms with Gasteiger partial charge in [0.1, 0.15) is 17.1 Å². The Morgan fingerprint density at radius 1 is 0.917 bits per heavy atom. The molecular weight excluding hydrogens is 332 g/mol. The van der Waals surface area contributed by atoms with Gasteiger partial charge in [0.05, 0.1) is 24.1 Å². The van der Waals surface area contributed by atoms with E-state index in [2.05, 4.69) is 0 Å². The lowest BCUT2D eigenvalue weighted by Gasteiger charge is -2.12. The Labute approximate surface area is 142 Å². The minimum Gasteiger partial charge on any atom is -0.507 e. The fraction of sp³-hybridized carbons (Fsp3) is 0.118. The van der Waals surface area contributed by atoms with E-state index in [0.29, 0.717) is 22.3 Å². The van der Waals surface area contributed by atoms with Crippen molar-refractivity contribution in [3.8, 4) is 40.1 Å². The van der Waals surface area contributed by atoms with Crippen molar-refractivity contribution in [2.45, 2.75) is 0 Å². The molecule has 0 atom stereocenters. The van der Waals surface area contributed by atoms with Crippen LogP contribution in [0.25, 0.3) is 22.3 Å². The maximum Gasteiger partial charge on any atom is 0.181 e. The fourth-order valence-electron chi connectivity index (χ4n) is 2.42. The second-order valence-electron chi connectivity index (χ2n) is 5.02. The van der Waals surface area contributed by atoms with E-state index in [-0.39, 0.29) is 33.3 Å². The second-order valence-corrected chi connectivity index (χ2v) is 5.42. The Kier molecular flexibility index (Phi) is 3.94. The van der Waals surface area contributed by atoms with Crippen molar-refractivity contribution in [3.63, 3.8) is 0 Å². The van der Waals surface area contributed by atoms with Gasteiger partial charge in [-0.15, -0.1) is 0 Å². The Hall–Kier alpha value is -2.93. The molecule has 0 saturated carbocycles. The predicted octanol–water partition coefficient (Wildman–Crippen LogP) is 3.96. The molecule has 6 nitrogen and oxygen atoms in total. The highest BCUT2D eigenvalue weighted by molar-refractivity contribution is 7.71. The van der Waals surface area contributed by atoms with Crippen LogP contribution in [0.3, 0.4) is 0 Å². The van der Waals surface area contributed by atoms with Crippen LogP contribution in [0.2, 0.25) is 0 Å². The van der Waals surface area contributed by atoms with Crippen LogP contribution in [-0.4, -0.2) is 29.5 Å². The Bertz CT molecular complexity index is 993. The van der Waals surface area contributed by atoms with Crippen LogP contribution in [0, 0.1) is 4.51 Å². The van der Waals surface area contributed by atoms with Crippen LogP contribution in [0.5, 0.6) is 28.7 Å². The number of rotatable bonds is 3. The number of benzene rings is 2. The summed E-state index contributed by atoms with van der Waals surface area (Å²) >= 11 is 5.41. The molecule has 3 N–H and O–H groups in total. The predicted molar refractivity (Wildman–Crippen MR) is 90.6 cm³/mol. The molecule has 0 unspecified atom stereocenters. The minimum atomic E-state index is -0.302. The SMILES string of the molecule is COc1cc(O)c2c(=S)c(OC)c(-c3ccc(O)c(O)c3)oc2c1. The third kappa shape index (κ3) is 2.48. The molecule has 0 amide bonds. The molecular formula is C17H14O6S. The van der Waals surface area contributed by atoms with Gasteiger partial charge in [-0.1, -0.05) is 12.2 Å². The first-order valence-electron chi connectivity index (χ1n) is 6.90. The molecule has 0 saturated heterocycles. The molecule has 0 spiro atoms. The van der Waals surface area contributed by atoms with E-state index in [1.54, 1.807) is 12.1 Å². The molecule has 24 heavy (non-hydrogen) atoms. The van der Waals surface area contributed by atoms with Gasteiger partial charge < -0.3 is 29.2 Å². The van der Waals surface area contributed by atoms with Crippen molar-refractivity contribution in [2.75, 3.05) is 14.2 Å². The van der Waals surface area contributed by atoms with Gasteiger partial charge in [0, 0.05) is 17.7 Å². The van der Waals surface area contributed by atoms with Gasteiger partial charge in [-0.05, 0) is 18.2 Å². The molecule has 1 heterocycles. The first kappa shape index (κ1) is 15.9. The van der Waals surface area contributed by atoms with E-state index < -0.39 is 0 Å². The summed E-state index contributed by atoms with van der Waals surface area (Å²) < 4.78 is 16.6. The summed E-state index contributed by atoms with van der Waals surface area (Å²) in [7, 11) is 2.90. The van der Waals surface area contributed by atoms with Gasteiger partial charge in [0.15, 0.2) is 23.0 Å². The largest absolute Gasteiger partial charge is 0.507 e. The van der Waals surface area contributed by atoms with E-state index >= 15 is 0 Å². The molecule has 0 aliphatic rings. The van der Waals surface area contributed by atoms with E-state index in [0.717, 1.165) is 0 Å². The zero-order valence-electron chi connectivity index (χ0n) is 12.9. The molecule has 1 aromatic heterocycles. The van der Waals surface area contributed by atoms with Crippen LogP contribution in [0.15, 0.2) is 34.7 Å². The molecule has 3 aromatic rings. The Balaban J connectivity index is 2.39. The van der Waals surface area contributed by atoms with Crippen molar-refractivity contribution in [3.05, 3.63) is 34.8 Å². The molecule has 0 aliphatic heterocycles. The van der Waals surface area contributed by atoms with Crippen LogP contribution < -0.4 is 9.47 Å². The number of hydrogen-bond donors (Lipinski definition) is 3. The molecule has 7 heteroatoms. The van der Waals surface area contributed by atoms with Crippen molar-refractivity contribution in [2.24, 2.45) is 0 Å². The summed E-state index contributed by atoms with van der Waals surface area (Å²) in [6, 6.07) is 7.23. The van der Waals surface area contributed by atoms with E-state index in [4.69, 9.17) is 26.1 Å². The van der Waals surface area contributed by atoms with Gasteiger partial charge in [0.25, 0.3) is 0 Å². The van der Waals surface area contributed by atoms with Gasteiger partial charge in [-0.25, -0.2) is 0 Å². The number of phenolic OH excluding ortho intramolecular Hbond substituents is 3. The van der Waals surface area contributed by atoms with Gasteiger partial charge >= 0.3 is 0 Å². The highest BCUT2D eigenvalue weighted by Gasteiger charge is 2.18. The van der Waals surface area contributed by atoms with E-state index in [1.807, 2.05) is 0 Å². The minimum absolute atomic E-state index is 0.0866. The number of ether oxygens (including phenoxy) is 2. The summed E-state index contributed by atoms with van der Waals surface area (Å²) in [4.78, 5) is 0. The smallest absolute Gasteiger partial charge is 0.181 e. The lowest BCUT2D eigenvalue weighted by Crippen LogP contribution is -1.92. The van der Waals surface area contributed by atoms with Gasteiger partial charge in [-0.2, -0.15) is 0 Å². The molecule has 0 radical (unpaired) electrons. The fourth-order valence-corrected chi connectivity index (χ4v) is 2.80. The van der Waals surface area contributed by atoms with Crippen molar-refractivity contribution >= 4 is 23.2 Å². The first-order chi connectivity index (χ1) is 11.5. The Morgan fingerprint density at radius 3 is 2.29 bits per heavy atom. The summed E-state index contributed by atoms with van der Waals surface area (Å²) in [6.45, 7) is 0. The Morgan fingerprint density at radius 2 is 1.67 bits per heavy atom. The standard InChI is InChI=1S/C17H14O6S/c1-21-9-6-12(20)14-13(7-9)23-15(16(22-2)17(14)24)8-3-4-10(18)11(19)5-8/h3-7,18-20H,1-2H3. The van der Waals surface area contributed by atoms with Gasteiger partial charge in [-0.3, -0.25) is 0 Å². The average Bonchev–Trinajstić information content (AvgIpc) is 2.56. The first-order valence-corrected chi connectivity index (χ1v) is 7.31. The zero-order valence-corrected chi connectivity index (χ0v) is 13.7. The number of methoxy groups -OCH3 is 2. The second kappa shape index (κ2) is 5.93. The number of fused-ring (bicyclic) bond motifs is 1. The van der Waals surface area contributed by atoms with Crippen LogP contribution in [-0.2, 0) is 0 Å². The molecule has 0 fully saturated rings. The monoisotopic (exact) mass is 346 g/mol. The quantitative estimate of drug-likeness (QED) is 0.488. The average molecular weight is 346 g/mol. The highest BCUT2D eigenvalue weighted by atomic mass is 32.1. The molecule has 0 aliphatic carbocycles. The third-order valence-electron chi connectivity index (χ3n) is 3.58. The van der Waals surface area contributed by atoms with Crippen LogP contribution in [0.1, 0.15) is 0 Å². The normalized spacial score (nSPS) is 10.8. The van der Waals surface area contributed by atoms with Crippen molar-refractivity contribution in [1.29, 1.82) is 0 Å². The number of hydrogen-bond acceptors (Lipinski definition) is 7. The number of phenols is 3.